The zero-order chi connectivity index (χ0) is 13.9. The second-order valence-corrected chi connectivity index (χ2v) is 6.05. The number of hydrogen-bond acceptors (Lipinski definition) is 2. The summed E-state index contributed by atoms with van der Waals surface area (Å²) in [6.07, 6.45) is 0.773. The molecule has 1 rings (SSSR count). The molecule has 18 heavy (non-hydrogen) atoms. The maximum absolute atomic E-state index is 9.18. The molecule has 0 saturated heterocycles. The molecule has 2 nitrogen and oxygen atoms in total. The van der Waals surface area contributed by atoms with Crippen molar-refractivity contribution in [2.24, 2.45) is 0 Å². The maximum atomic E-state index is 9.18. The number of rotatable bonds is 5. The molecule has 1 aromatic carbocycles. The van der Waals surface area contributed by atoms with Crippen molar-refractivity contribution in [3.63, 3.8) is 0 Å². The number of aliphatic hydroxyl groups is 1. The topological polar surface area (TPSA) is 23.5 Å². The summed E-state index contributed by atoms with van der Waals surface area (Å²) < 4.78 is 0. The molecular weight excluding hydrogens is 222 g/mol. The average Bonchev–Trinajstić information content (AvgIpc) is 2.28. The van der Waals surface area contributed by atoms with E-state index in [1.807, 2.05) is 0 Å². The highest BCUT2D eigenvalue weighted by atomic mass is 16.3. The fourth-order valence-electron chi connectivity index (χ4n) is 2.11. The van der Waals surface area contributed by atoms with Gasteiger partial charge in [0, 0.05) is 24.9 Å². The van der Waals surface area contributed by atoms with Crippen molar-refractivity contribution >= 4 is 5.69 Å². The van der Waals surface area contributed by atoms with Gasteiger partial charge in [0.25, 0.3) is 0 Å². The summed E-state index contributed by atoms with van der Waals surface area (Å²) in [6, 6.07) is 6.67. The molecule has 0 atom stereocenters. The lowest BCUT2D eigenvalue weighted by molar-refractivity contribution is 0.250. The lowest BCUT2D eigenvalue weighted by Crippen LogP contribution is -2.42. The lowest BCUT2D eigenvalue weighted by atomic mass is 9.95. The van der Waals surface area contributed by atoms with Gasteiger partial charge in [-0.1, -0.05) is 26.0 Å². The molecule has 0 aliphatic carbocycles. The number of nitrogens with zero attached hydrogens (tertiary/aromatic N) is 1. The molecule has 1 aromatic rings. The fourth-order valence-corrected chi connectivity index (χ4v) is 2.11. The SMILES string of the molecule is Cc1ccc(C(C)C)cc1N(C)C(C)(C)CCO. The Morgan fingerprint density at radius 2 is 1.89 bits per heavy atom. The molecule has 0 bridgehead atoms. The smallest absolute Gasteiger partial charge is 0.0453 e. The summed E-state index contributed by atoms with van der Waals surface area (Å²) in [7, 11) is 2.11. The molecule has 0 fully saturated rings. The van der Waals surface area contributed by atoms with Crippen molar-refractivity contribution in [3.05, 3.63) is 29.3 Å². The minimum absolute atomic E-state index is 0.0326. The van der Waals surface area contributed by atoms with Crippen molar-refractivity contribution < 1.29 is 5.11 Å². The van der Waals surface area contributed by atoms with Crippen LogP contribution in [0.4, 0.5) is 5.69 Å². The number of hydrogen-bond donors (Lipinski definition) is 1. The van der Waals surface area contributed by atoms with Crippen LogP contribution >= 0.6 is 0 Å². The van der Waals surface area contributed by atoms with E-state index in [-0.39, 0.29) is 12.1 Å². The van der Waals surface area contributed by atoms with Gasteiger partial charge in [0.2, 0.25) is 0 Å². The van der Waals surface area contributed by atoms with Crippen molar-refractivity contribution in [1.29, 1.82) is 0 Å². The minimum atomic E-state index is -0.0326. The normalized spacial score (nSPS) is 12.0. The van der Waals surface area contributed by atoms with Crippen LogP contribution in [0.2, 0.25) is 0 Å². The summed E-state index contributed by atoms with van der Waals surface area (Å²) in [5.41, 5.74) is 3.88. The van der Waals surface area contributed by atoms with Gasteiger partial charge in [0.05, 0.1) is 0 Å². The van der Waals surface area contributed by atoms with E-state index >= 15 is 0 Å². The number of aryl methyl sites for hydroxylation is 1. The number of anilines is 1. The van der Waals surface area contributed by atoms with Gasteiger partial charge in [0.1, 0.15) is 0 Å². The maximum Gasteiger partial charge on any atom is 0.0453 e. The summed E-state index contributed by atoms with van der Waals surface area (Å²) in [4.78, 5) is 2.28. The van der Waals surface area contributed by atoms with E-state index in [0.717, 1.165) is 6.42 Å². The molecule has 0 aromatic heterocycles. The first kappa shape index (κ1) is 15.0. The Morgan fingerprint density at radius 3 is 2.39 bits per heavy atom. The largest absolute Gasteiger partial charge is 0.396 e. The van der Waals surface area contributed by atoms with Gasteiger partial charge in [0.15, 0.2) is 0 Å². The van der Waals surface area contributed by atoms with Gasteiger partial charge in [-0.3, -0.25) is 0 Å². The zero-order valence-corrected chi connectivity index (χ0v) is 12.6. The highest BCUT2D eigenvalue weighted by molar-refractivity contribution is 5.56. The van der Waals surface area contributed by atoms with Crippen LogP contribution < -0.4 is 4.90 Å². The number of benzene rings is 1. The van der Waals surface area contributed by atoms with Crippen molar-refractivity contribution in [2.45, 2.75) is 52.5 Å². The predicted molar refractivity (Wildman–Crippen MR) is 79.5 cm³/mol. The molecule has 0 amide bonds. The van der Waals surface area contributed by atoms with E-state index in [2.05, 4.69) is 64.8 Å². The molecule has 0 saturated carbocycles. The molecule has 0 radical (unpaired) electrons. The molecule has 0 aliphatic heterocycles. The lowest BCUT2D eigenvalue weighted by Gasteiger charge is -2.38. The Kier molecular flexibility index (Phi) is 4.80. The van der Waals surface area contributed by atoms with E-state index in [1.54, 1.807) is 0 Å². The fraction of sp³-hybridized carbons (Fsp3) is 0.625. The third-order valence-corrected chi connectivity index (χ3v) is 3.89. The van der Waals surface area contributed by atoms with Crippen LogP contribution in [-0.2, 0) is 0 Å². The first-order chi connectivity index (χ1) is 8.29. The minimum Gasteiger partial charge on any atom is -0.396 e. The zero-order valence-electron chi connectivity index (χ0n) is 12.6. The van der Waals surface area contributed by atoms with Crippen molar-refractivity contribution in [2.75, 3.05) is 18.6 Å². The Labute approximate surface area is 112 Å². The quantitative estimate of drug-likeness (QED) is 0.859. The molecule has 0 aliphatic rings. The highest BCUT2D eigenvalue weighted by Crippen LogP contribution is 2.30. The highest BCUT2D eigenvalue weighted by Gasteiger charge is 2.24. The van der Waals surface area contributed by atoms with Crippen LogP contribution in [0, 0.1) is 6.92 Å². The second kappa shape index (κ2) is 5.75. The van der Waals surface area contributed by atoms with Crippen molar-refractivity contribution in [3.8, 4) is 0 Å². The third kappa shape index (κ3) is 3.26. The summed E-state index contributed by atoms with van der Waals surface area (Å²) in [5, 5.41) is 9.18. The van der Waals surface area contributed by atoms with E-state index in [4.69, 9.17) is 0 Å². The van der Waals surface area contributed by atoms with E-state index < -0.39 is 0 Å². The van der Waals surface area contributed by atoms with Crippen LogP contribution in [0.25, 0.3) is 0 Å². The molecule has 2 heteroatoms. The van der Waals surface area contributed by atoms with Crippen LogP contribution in [0.15, 0.2) is 18.2 Å². The monoisotopic (exact) mass is 249 g/mol. The predicted octanol–water partition coefficient (Wildman–Crippen LogP) is 3.72. The molecule has 0 spiro atoms. The Morgan fingerprint density at radius 1 is 1.28 bits per heavy atom. The molecular formula is C16H27NO. The van der Waals surface area contributed by atoms with Gasteiger partial charge in [-0.05, 0) is 50.3 Å². The van der Waals surface area contributed by atoms with Crippen LogP contribution in [-0.4, -0.2) is 24.3 Å². The Hall–Kier alpha value is -1.02. The van der Waals surface area contributed by atoms with E-state index in [0.29, 0.717) is 5.92 Å². The third-order valence-electron chi connectivity index (χ3n) is 3.89. The molecule has 0 unspecified atom stereocenters. The summed E-state index contributed by atoms with van der Waals surface area (Å²) in [6.45, 7) is 11.1. The Bertz CT molecular complexity index is 396. The van der Waals surface area contributed by atoms with Gasteiger partial charge in [-0.15, -0.1) is 0 Å². The molecule has 1 N–H and O–H groups in total. The van der Waals surface area contributed by atoms with Crippen LogP contribution in [0.3, 0.4) is 0 Å². The van der Waals surface area contributed by atoms with Gasteiger partial charge >= 0.3 is 0 Å². The molecule has 0 heterocycles. The first-order valence-electron chi connectivity index (χ1n) is 6.75. The standard InChI is InChI=1S/C16H27NO/c1-12(2)14-8-7-13(3)15(11-14)17(6)16(4,5)9-10-18/h7-8,11-12,18H,9-10H2,1-6H3. The average molecular weight is 249 g/mol. The van der Waals surface area contributed by atoms with Gasteiger partial charge in [-0.2, -0.15) is 0 Å². The number of aliphatic hydroxyl groups excluding tert-OH is 1. The first-order valence-corrected chi connectivity index (χ1v) is 6.75. The second-order valence-electron chi connectivity index (χ2n) is 6.05. The Balaban J connectivity index is 3.11. The van der Waals surface area contributed by atoms with Gasteiger partial charge in [-0.25, -0.2) is 0 Å². The molecule has 102 valence electrons. The van der Waals surface area contributed by atoms with E-state index in [1.165, 1.54) is 16.8 Å². The van der Waals surface area contributed by atoms with Crippen LogP contribution in [0.5, 0.6) is 0 Å². The van der Waals surface area contributed by atoms with Gasteiger partial charge < -0.3 is 10.0 Å². The summed E-state index contributed by atoms with van der Waals surface area (Å²) >= 11 is 0. The van der Waals surface area contributed by atoms with E-state index in [9.17, 15) is 5.11 Å². The van der Waals surface area contributed by atoms with Crippen LogP contribution in [0.1, 0.15) is 51.2 Å². The summed E-state index contributed by atoms with van der Waals surface area (Å²) in [5.74, 6) is 0.540. The van der Waals surface area contributed by atoms with Crippen molar-refractivity contribution in [1.82, 2.24) is 0 Å².